The molecule has 0 aromatic heterocycles. The molecule has 4 heteroatoms. The molecule has 0 spiro atoms. The molecule has 0 unspecified atom stereocenters. The van der Waals surface area contributed by atoms with Crippen LogP contribution in [0.15, 0.2) is 47.9 Å². The Kier molecular flexibility index (Phi) is 3.28. The molecule has 1 aromatic rings. The number of benzene rings is 1. The molecular weight excluding hydrogens is 232 g/mol. The Balaban J connectivity index is 2.59. The van der Waals surface area contributed by atoms with Crippen molar-refractivity contribution in [2.24, 2.45) is 0 Å². The molecule has 0 heterocycles. The minimum absolute atomic E-state index is 0.0275. The molecule has 0 bridgehead atoms. The van der Waals surface area contributed by atoms with Crippen molar-refractivity contribution in [2.45, 2.75) is 0 Å². The van der Waals surface area contributed by atoms with Crippen LogP contribution in [-0.2, 0) is 19.1 Å². The molecule has 2 rings (SSSR count). The quantitative estimate of drug-likeness (QED) is 0.760. The number of ketones is 2. The van der Waals surface area contributed by atoms with Gasteiger partial charge in [-0.2, -0.15) is 0 Å². The van der Waals surface area contributed by atoms with E-state index in [-0.39, 0.29) is 28.7 Å². The summed E-state index contributed by atoms with van der Waals surface area (Å²) >= 11 is 0. The summed E-state index contributed by atoms with van der Waals surface area (Å²) in [7, 11) is 2.73. The number of Topliss-reactive ketones (excluding diaryl/α,β-unsaturated/α-hetero) is 1. The Hall–Kier alpha value is -2.36. The first-order chi connectivity index (χ1) is 8.69. The summed E-state index contributed by atoms with van der Waals surface area (Å²) in [4.78, 5) is 24.0. The highest BCUT2D eigenvalue weighted by Gasteiger charge is 2.31. The van der Waals surface area contributed by atoms with Gasteiger partial charge >= 0.3 is 0 Å². The summed E-state index contributed by atoms with van der Waals surface area (Å²) in [5.41, 5.74) is 0.873. The van der Waals surface area contributed by atoms with E-state index in [2.05, 4.69) is 0 Å². The van der Waals surface area contributed by atoms with Crippen LogP contribution in [0, 0.1) is 0 Å². The average molecular weight is 244 g/mol. The van der Waals surface area contributed by atoms with Gasteiger partial charge in [0, 0.05) is 6.08 Å². The number of hydrogen-bond donors (Lipinski definition) is 0. The first-order valence-corrected chi connectivity index (χ1v) is 5.37. The van der Waals surface area contributed by atoms with Crippen LogP contribution in [-0.4, -0.2) is 25.8 Å². The molecule has 0 amide bonds. The molecule has 1 aliphatic carbocycles. The molecule has 1 aliphatic rings. The molecule has 92 valence electrons. The second kappa shape index (κ2) is 4.87. The van der Waals surface area contributed by atoms with Crippen molar-refractivity contribution in [2.75, 3.05) is 14.2 Å². The van der Waals surface area contributed by atoms with Gasteiger partial charge < -0.3 is 9.47 Å². The minimum atomic E-state index is -0.368. The van der Waals surface area contributed by atoms with Gasteiger partial charge in [-0.1, -0.05) is 30.3 Å². The standard InChI is InChI=1S/C14H12O4/c1-17-11-8-10(15)14(18-2)12(13(11)16)9-6-4-3-5-7-9/h3-8H,1-2H3. The van der Waals surface area contributed by atoms with E-state index in [1.165, 1.54) is 14.2 Å². The van der Waals surface area contributed by atoms with Crippen LogP contribution in [0.4, 0.5) is 0 Å². The zero-order valence-corrected chi connectivity index (χ0v) is 10.1. The van der Waals surface area contributed by atoms with E-state index < -0.39 is 0 Å². The highest BCUT2D eigenvalue weighted by molar-refractivity contribution is 6.36. The topological polar surface area (TPSA) is 52.6 Å². The number of carbonyl (C=O) groups excluding carboxylic acids is 2. The van der Waals surface area contributed by atoms with Crippen molar-refractivity contribution in [1.82, 2.24) is 0 Å². The Morgan fingerprint density at radius 3 is 2.17 bits per heavy atom. The van der Waals surface area contributed by atoms with Crippen LogP contribution in [0.3, 0.4) is 0 Å². The molecule has 0 saturated heterocycles. The Morgan fingerprint density at radius 1 is 0.944 bits per heavy atom. The summed E-state index contributed by atoms with van der Waals surface area (Å²) in [5.74, 6) is -0.639. The molecule has 0 aliphatic heterocycles. The predicted molar refractivity (Wildman–Crippen MR) is 65.5 cm³/mol. The maximum absolute atomic E-state index is 12.2. The molecule has 0 N–H and O–H groups in total. The van der Waals surface area contributed by atoms with Gasteiger partial charge in [-0.3, -0.25) is 9.59 Å². The van der Waals surface area contributed by atoms with Crippen LogP contribution in [0.1, 0.15) is 5.56 Å². The van der Waals surface area contributed by atoms with Gasteiger partial charge in [-0.05, 0) is 5.56 Å². The highest BCUT2D eigenvalue weighted by atomic mass is 16.5. The van der Waals surface area contributed by atoms with Crippen molar-refractivity contribution in [3.8, 4) is 0 Å². The third-order valence-corrected chi connectivity index (χ3v) is 2.65. The maximum Gasteiger partial charge on any atom is 0.232 e. The largest absolute Gasteiger partial charge is 0.492 e. The smallest absolute Gasteiger partial charge is 0.232 e. The van der Waals surface area contributed by atoms with Crippen LogP contribution < -0.4 is 0 Å². The number of ether oxygens (including phenoxy) is 2. The molecule has 0 fully saturated rings. The van der Waals surface area contributed by atoms with Crippen molar-refractivity contribution >= 4 is 17.1 Å². The minimum Gasteiger partial charge on any atom is -0.492 e. The van der Waals surface area contributed by atoms with E-state index in [4.69, 9.17) is 9.47 Å². The molecule has 4 nitrogen and oxygen atoms in total. The van der Waals surface area contributed by atoms with Crippen molar-refractivity contribution in [3.63, 3.8) is 0 Å². The van der Waals surface area contributed by atoms with Crippen molar-refractivity contribution in [1.29, 1.82) is 0 Å². The second-order valence-electron chi connectivity index (χ2n) is 3.68. The fourth-order valence-electron chi connectivity index (χ4n) is 1.82. The van der Waals surface area contributed by atoms with E-state index in [0.717, 1.165) is 6.08 Å². The third kappa shape index (κ3) is 1.93. The Bertz CT molecular complexity index is 552. The monoisotopic (exact) mass is 244 g/mol. The fourth-order valence-corrected chi connectivity index (χ4v) is 1.82. The second-order valence-corrected chi connectivity index (χ2v) is 3.68. The van der Waals surface area contributed by atoms with E-state index in [1.54, 1.807) is 24.3 Å². The zero-order valence-electron chi connectivity index (χ0n) is 10.1. The Morgan fingerprint density at radius 2 is 1.61 bits per heavy atom. The Labute approximate surface area is 105 Å². The third-order valence-electron chi connectivity index (χ3n) is 2.65. The predicted octanol–water partition coefficient (Wildman–Crippen LogP) is 1.73. The highest BCUT2D eigenvalue weighted by Crippen LogP contribution is 2.28. The summed E-state index contributed by atoms with van der Waals surface area (Å²) in [6, 6.07) is 8.91. The van der Waals surface area contributed by atoms with E-state index >= 15 is 0 Å². The van der Waals surface area contributed by atoms with Crippen molar-refractivity contribution < 1.29 is 19.1 Å². The molecule has 1 aromatic carbocycles. The van der Waals surface area contributed by atoms with Crippen LogP contribution in [0.25, 0.3) is 5.57 Å². The normalized spacial score (nSPS) is 15.6. The van der Waals surface area contributed by atoms with E-state index in [1.807, 2.05) is 6.07 Å². The van der Waals surface area contributed by atoms with Gasteiger partial charge in [0.2, 0.25) is 11.6 Å². The van der Waals surface area contributed by atoms with Gasteiger partial charge in [0.05, 0.1) is 19.8 Å². The zero-order chi connectivity index (χ0) is 13.1. The summed E-state index contributed by atoms with van der Waals surface area (Å²) in [6.07, 6.45) is 1.15. The van der Waals surface area contributed by atoms with Crippen LogP contribution in [0.5, 0.6) is 0 Å². The van der Waals surface area contributed by atoms with Crippen molar-refractivity contribution in [3.05, 3.63) is 53.5 Å². The van der Waals surface area contributed by atoms with Gasteiger partial charge in [0.1, 0.15) is 0 Å². The van der Waals surface area contributed by atoms with Gasteiger partial charge in [0.25, 0.3) is 0 Å². The molecular formula is C14H12O4. The first kappa shape index (κ1) is 12.1. The summed E-state index contributed by atoms with van der Waals surface area (Å²) < 4.78 is 9.96. The van der Waals surface area contributed by atoms with Gasteiger partial charge in [0.15, 0.2) is 11.5 Å². The lowest BCUT2D eigenvalue weighted by Gasteiger charge is -2.17. The van der Waals surface area contributed by atoms with E-state index in [9.17, 15) is 9.59 Å². The number of methoxy groups -OCH3 is 2. The number of carbonyl (C=O) groups is 2. The number of hydrogen-bond acceptors (Lipinski definition) is 4. The van der Waals surface area contributed by atoms with Gasteiger partial charge in [-0.25, -0.2) is 0 Å². The van der Waals surface area contributed by atoms with E-state index in [0.29, 0.717) is 5.56 Å². The number of rotatable bonds is 3. The molecule has 18 heavy (non-hydrogen) atoms. The lowest BCUT2D eigenvalue weighted by atomic mass is 9.93. The maximum atomic E-state index is 12.2. The lowest BCUT2D eigenvalue weighted by molar-refractivity contribution is -0.118. The first-order valence-electron chi connectivity index (χ1n) is 5.37. The van der Waals surface area contributed by atoms with Crippen LogP contribution in [0.2, 0.25) is 0 Å². The molecule has 0 saturated carbocycles. The molecule has 0 atom stereocenters. The lowest BCUT2D eigenvalue weighted by Crippen LogP contribution is -2.20. The SMILES string of the molecule is COC1=CC(=O)C(OC)=C(c2ccccc2)C1=O. The van der Waals surface area contributed by atoms with Gasteiger partial charge in [-0.15, -0.1) is 0 Å². The average Bonchev–Trinajstić information content (AvgIpc) is 2.41. The summed E-state index contributed by atoms with van der Waals surface area (Å²) in [5, 5.41) is 0. The number of allylic oxidation sites excluding steroid dienone is 2. The fraction of sp³-hybridized carbons (Fsp3) is 0.143. The molecule has 0 radical (unpaired) electrons. The summed E-state index contributed by atoms with van der Waals surface area (Å²) in [6.45, 7) is 0. The van der Waals surface area contributed by atoms with Crippen LogP contribution >= 0.6 is 0 Å².